The molecule has 3 nitrogen and oxygen atoms in total. The van der Waals surface area contributed by atoms with Crippen LogP contribution in [0.3, 0.4) is 0 Å². The molecule has 0 heterocycles. The predicted molar refractivity (Wildman–Crippen MR) is 89.6 cm³/mol. The van der Waals surface area contributed by atoms with Gasteiger partial charge in [-0.2, -0.15) is 0 Å². The summed E-state index contributed by atoms with van der Waals surface area (Å²) in [6.07, 6.45) is 7.99. The number of amides is 1. The molecular weight excluding hydrogens is 293 g/mol. The van der Waals surface area contributed by atoms with E-state index in [1.807, 2.05) is 0 Å². The van der Waals surface area contributed by atoms with Crippen LogP contribution in [0.2, 0.25) is 0 Å². The van der Waals surface area contributed by atoms with Crippen LogP contribution in [0, 0.1) is 11.7 Å². The second-order valence-electron chi connectivity index (χ2n) is 6.40. The number of ether oxygens (including phenoxy) is 1. The van der Waals surface area contributed by atoms with E-state index in [1.54, 1.807) is 12.1 Å². The Kier molecular flexibility index (Phi) is 7.53. The minimum Gasteiger partial charge on any atom is -0.372 e. The van der Waals surface area contributed by atoms with E-state index in [0.29, 0.717) is 12.5 Å². The lowest BCUT2D eigenvalue weighted by atomic mass is 9.77. The van der Waals surface area contributed by atoms with Gasteiger partial charge >= 0.3 is 0 Å². The maximum atomic E-state index is 13.1. The number of hydrogen-bond donors (Lipinski definition) is 1. The van der Waals surface area contributed by atoms with Crippen LogP contribution in [0.5, 0.6) is 0 Å². The van der Waals surface area contributed by atoms with Crippen molar-refractivity contribution in [3.63, 3.8) is 0 Å². The van der Waals surface area contributed by atoms with Crippen LogP contribution in [-0.4, -0.2) is 19.1 Å². The highest BCUT2D eigenvalue weighted by Crippen LogP contribution is 2.37. The number of benzene rings is 1. The van der Waals surface area contributed by atoms with Crippen molar-refractivity contribution < 1.29 is 13.9 Å². The molecule has 0 aliphatic heterocycles. The Morgan fingerprint density at radius 2 is 2.00 bits per heavy atom. The Bertz CT molecular complexity index is 471. The summed E-state index contributed by atoms with van der Waals surface area (Å²) in [6, 6.07) is 6.42. The van der Waals surface area contributed by atoms with Crippen molar-refractivity contribution in [1.82, 2.24) is 5.32 Å². The summed E-state index contributed by atoms with van der Waals surface area (Å²) in [4.78, 5) is 12.1. The third kappa shape index (κ3) is 5.94. The molecule has 23 heavy (non-hydrogen) atoms. The fourth-order valence-corrected chi connectivity index (χ4v) is 2.93. The lowest BCUT2D eigenvalue weighted by Gasteiger charge is -2.34. The van der Waals surface area contributed by atoms with E-state index in [-0.39, 0.29) is 24.4 Å². The van der Waals surface area contributed by atoms with Crippen LogP contribution < -0.4 is 5.32 Å². The van der Waals surface area contributed by atoms with Gasteiger partial charge in [-0.15, -0.1) is 0 Å². The number of hydrogen-bond acceptors (Lipinski definition) is 2. The molecule has 1 unspecified atom stereocenters. The summed E-state index contributed by atoms with van der Waals surface area (Å²) in [6.45, 7) is 2.92. The standard InChI is InChI=1S/C19H28FNO2/c1-2-3-4-5-13-23-14-18(22)21-19(15-7-6-8-15)16-9-11-17(20)12-10-16/h9-12,15,19H,2-8,13-14H2,1H3,(H,21,22). The van der Waals surface area contributed by atoms with Gasteiger partial charge in [0.2, 0.25) is 5.91 Å². The van der Waals surface area contributed by atoms with E-state index >= 15 is 0 Å². The number of halogens is 1. The first kappa shape index (κ1) is 17.9. The first-order valence-electron chi connectivity index (χ1n) is 8.83. The molecule has 1 aliphatic rings. The van der Waals surface area contributed by atoms with Crippen LogP contribution in [-0.2, 0) is 9.53 Å². The molecule has 1 atom stereocenters. The van der Waals surface area contributed by atoms with E-state index in [0.717, 1.165) is 31.2 Å². The SMILES string of the molecule is CCCCCCOCC(=O)NC(c1ccc(F)cc1)C1CCC1. The van der Waals surface area contributed by atoms with Gasteiger partial charge in [-0.1, -0.05) is 44.7 Å². The quantitative estimate of drug-likeness (QED) is 0.649. The highest BCUT2D eigenvalue weighted by Gasteiger charge is 2.29. The Morgan fingerprint density at radius 3 is 2.61 bits per heavy atom. The lowest BCUT2D eigenvalue weighted by molar-refractivity contribution is -0.127. The van der Waals surface area contributed by atoms with Crippen molar-refractivity contribution in [2.45, 2.75) is 57.9 Å². The number of unbranched alkanes of at least 4 members (excludes halogenated alkanes) is 3. The molecule has 0 bridgehead atoms. The normalized spacial score (nSPS) is 15.9. The largest absolute Gasteiger partial charge is 0.372 e. The van der Waals surface area contributed by atoms with Gasteiger partial charge in [-0.3, -0.25) is 4.79 Å². The highest BCUT2D eigenvalue weighted by molar-refractivity contribution is 5.77. The van der Waals surface area contributed by atoms with Gasteiger partial charge in [0.1, 0.15) is 12.4 Å². The smallest absolute Gasteiger partial charge is 0.246 e. The average Bonchev–Trinajstić information content (AvgIpc) is 2.49. The van der Waals surface area contributed by atoms with Gasteiger partial charge in [0.05, 0.1) is 6.04 Å². The van der Waals surface area contributed by atoms with Crippen molar-refractivity contribution in [3.05, 3.63) is 35.6 Å². The first-order chi connectivity index (χ1) is 11.2. The summed E-state index contributed by atoms with van der Waals surface area (Å²) in [7, 11) is 0. The third-order valence-electron chi connectivity index (χ3n) is 4.54. The molecule has 1 amide bonds. The maximum absolute atomic E-state index is 13.1. The summed E-state index contributed by atoms with van der Waals surface area (Å²) in [5.74, 6) is 0.124. The Labute approximate surface area is 138 Å². The Balaban J connectivity index is 1.78. The highest BCUT2D eigenvalue weighted by atomic mass is 19.1. The minimum atomic E-state index is -0.247. The predicted octanol–water partition coefficient (Wildman–Crippen LogP) is 4.38. The van der Waals surface area contributed by atoms with Crippen LogP contribution in [0.1, 0.15) is 63.5 Å². The molecular formula is C19H28FNO2. The maximum Gasteiger partial charge on any atom is 0.246 e. The lowest BCUT2D eigenvalue weighted by Crippen LogP contribution is -2.38. The van der Waals surface area contributed by atoms with Crippen molar-refractivity contribution in [2.75, 3.05) is 13.2 Å². The second kappa shape index (κ2) is 9.66. The molecule has 0 spiro atoms. The molecule has 0 radical (unpaired) electrons. The van der Waals surface area contributed by atoms with E-state index < -0.39 is 0 Å². The molecule has 2 rings (SSSR count). The Hall–Kier alpha value is -1.42. The molecule has 4 heteroatoms. The van der Waals surface area contributed by atoms with Crippen molar-refractivity contribution in [1.29, 1.82) is 0 Å². The van der Waals surface area contributed by atoms with Crippen LogP contribution in [0.4, 0.5) is 4.39 Å². The van der Waals surface area contributed by atoms with Crippen LogP contribution >= 0.6 is 0 Å². The molecule has 1 fully saturated rings. The zero-order chi connectivity index (χ0) is 16.5. The number of carbonyl (C=O) groups excluding carboxylic acids is 1. The number of carbonyl (C=O) groups is 1. The third-order valence-corrected chi connectivity index (χ3v) is 4.54. The molecule has 1 N–H and O–H groups in total. The molecule has 1 aromatic carbocycles. The average molecular weight is 321 g/mol. The molecule has 1 aliphatic carbocycles. The second-order valence-corrected chi connectivity index (χ2v) is 6.40. The van der Waals surface area contributed by atoms with E-state index in [9.17, 15) is 9.18 Å². The minimum absolute atomic E-state index is 0.0273. The first-order valence-corrected chi connectivity index (χ1v) is 8.83. The summed E-state index contributed by atoms with van der Waals surface area (Å²) >= 11 is 0. The summed E-state index contributed by atoms with van der Waals surface area (Å²) < 4.78 is 18.6. The van der Waals surface area contributed by atoms with Crippen molar-refractivity contribution in [2.24, 2.45) is 5.92 Å². The molecule has 0 saturated heterocycles. The van der Waals surface area contributed by atoms with Gasteiger partial charge in [0.25, 0.3) is 0 Å². The molecule has 1 aromatic rings. The van der Waals surface area contributed by atoms with E-state index in [4.69, 9.17) is 4.74 Å². The summed E-state index contributed by atoms with van der Waals surface area (Å²) in [5.41, 5.74) is 0.979. The van der Waals surface area contributed by atoms with Gasteiger partial charge in [0, 0.05) is 6.61 Å². The molecule has 0 aromatic heterocycles. The van der Waals surface area contributed by atoms with Gasteiger partial charge in [-0.05, 0) is 42.9 Å². The van der Waals surface area contributed by atoms with E-state index in [2.05, 4.69) is 12.2 Å². The monoisotopic (exact) mass is 321 g/mol. The van der Waals surface area contributed by atoms with Gasteiger partial charge < -0.3 is 10.1 Å². The van der Waals surface area contributed by atoms with Crippen LogP contribution in [0.15, 0.2) is 24.3 Å². The number of nitrogens with one attached hydrogen (secondary N) is 1. The zero-order valence-corrected chi connectivity index (χ0v) is 14.0. The number of rotatable bonds is 10. The van der Waals surface area contributed by atoms with Gasteiger partial charge in [-0.25, -0.2) is 4.39 Å². The molecule has 1 saturated carbocycles. The topological polar surface area (TPSA) is 38.3 Å². The van der Waals surface area contributed by atoms with E-state index in [1.165, 1.54) is 31.4 Å². The van der Waals surface area contributed by atoms with Gasteiger partial charge in [0.15, 0.2) is 0 Å². The van der Waals surface area contributed by atoms with Crippen LogP contribution in [0.25, 0.3) is 0 Å². The fraction of sp³-hybridized carbons (Fsp3) is 0.632. The Morgan fingerprint density at radius 1 is 1.26 bits per heavy atom. The van der Waals surface area contributed by atoms with Crippen molar-refractivity contribution >= 4 is 5.91 Å². The van der Waals surface area contributed by atoms with Crippen molar-refractivity contribution in [3.8, 4) is 0 Å². The fourth-order valence-electron chi connectivity index (χ4n) is 2.93. The molecule has 128 valence electrons. The zero-order valence-electron chi connectivity index (χ0n) is 14.0. The summed E-state index contributed by atoms with van der Waals surface area (Å²) in [5, 5.41) is 3.07.